The monoisotopic (exact) mass is 796 g/mol. The Morgan fingerprint density at radius 3 is 2.53 bits per heavy atom. The van der Waals surface area contributed by atoms with E-state index in [1.807, 2.05) is 0 Å². The van der Waals surface area contributed by atoms with E-state index in [9.17, 15) is 45.6 Å². The van der Waals surface area contributed by atoms with Crippen LogP contribution in [-0.4, -0.2) is 119 Å². The molecule has 1 aliphatic carbocycles. The second-order valence-corrected chi connectivity index (χ2v) is 14.0. The molecule has 0 aromatic heterocycles. The predicted octanol–water partition coefficient (Wildman–Crippen LogP) is 2.12. The van der Waals surface area contributed by atoms with Gasteiger partial charge in [0.2, 0.25) is 12.0 Å². The Bertz CT molecular complexity index is 2360. The van der Waals surface area contributed by atoms with Crippen LogP contribution in [0.5, 0.6) is 34.5 Å². The van der Waals surface area contributed by atoms with Crippen LogP contribution in [0.15, 0.2) is 100.0 Å². The lowest BCUT2D eigenvalue weighted by Gasteiger charge is -2.55. The van der Waals surface area contributed by atoms with Gasteiger partial charge in [0.15, 0.2) is 23.2 Å². The van der Waals surface area contributed by atoms with Crippen molar-refractivity contribution in [2.75, 3.05) is 13.2 Å². The summed E-state index contributed by atoms with van der Waals surface area (Å²) < 4.78 is 29.7. The van der Waals surface area contributed by atoms with E-state index in [1.54, 1.807) is 36.4 Å². The highest BCUT2D eigenvalue weighted by molar-refractivity contribution is 6.15. The smallest absolute Gasteiger partial charge is 0.336 e. The number of hydrogen-bond donors (Lipinski definition) is 9. The Hall–Kier alpha value is -6.57. The van der Waals surface area contributed by atoms with Crippen LogP contribution in [0.2, 0.25) is 0 Å². The zero-order valence-electron chi connectivity index (χ0n) is 30.1. The molecule has 0 radical (unpaired) electrons. The molecule has 9 N–H and O–H groups in total. The maximum atomic E-state index is 12.6. The van der Waals surface area contributed by atoms with Crippen LogP contribution in [0.4, 0.5) is 0 Å². The van der Waals surface area contributed by atoms with E-state index < -0.39 is 76.8 Å². The highest BCUT2D eigenvalue weighted by Gasteiger charge is 2.69. The van der Waals surface area contributed by atoms with Gasteiger partial charge in [-0.15, -0.1) is 0 Å². The van der Waals surface area contributed by atoms with E-state index in [1.165, 1.54) is 48.8 Å². The lowest BCUT2D eigenvalue weighted by atomic mass is 9.64. The Labute approximate surface area is 328 Å². The molecule has 58 heavy (non-hydrogen) atoms. The third-order valence-corrected chi connectivity index (χ3v) is 10.3. The zero-order chi connectivity index (χ0) is 40.9. The minimum atomic E-state index is -2.63. The quantitative estimate of drug-likeness (QED) is 0.119. The van der Waals surface area contributed by atoms with E-state index in [0.29, 0.717) is 22.6 Å². The summed E-state index contributed by atoms with van der Waals surface area (Å²) in [5.74, 6) is -4.63. The summed E-state index contributed by atoms with van der Waals surface area (Å²) in [6, 6.07) is 13.7. The maximum absolute atomic E-state index is 12.6. The van der Waals surface area contributed by atoms with Gasteiger partial charge in [-0.2, -0.15) is 0 Å². The summed E-state index contributed by atoms with van der Waals surface area (Å²) >= 11 is 0. The summed E-state index contributed by atoms with van der Waals surface area (Å²) in [6.07, 6.45) is -0.536. The topological polar surface area (TPSA) is 286 Å². The first kappa shape index (κ1) is 38.3. The second kappa shape index (κ2) is 14.7. The van der Waals surface area contributed by atoms with Crippen LogP contribution in [0, 0.1) is 11.3 Å². The van der Waals surface area contributed by atoms with E-state index in [4.69, 9.17) is 29.1 Å². The average molecular weight is 797 g/mol. The molecule has 4 aliphatic heterocycles. The SMILES string of the molecule is N=C1C=CC([C@@H](O)COc2ccc(C3C=C(O)c4c(cc(O[C@@H]5O[C@H](C(=O)O)[C@]6(O)[C@@H](C7=NC=NC7)C=C[C@@]5(O)[C@@H]6O)c(OCc5cccc(O)c5)c4O)O3)cc2)=N1. The number of aliphatic hydroxyl groups excluding tert-OH is 3. The number of nitrogens with zero attached hydrogens (tertiary/aromatic N) is 3. The van der Waals surface area contributed by atoms with Crippen LogP contribution < -0.4 is 18.9 Å². The molecule has 0 saturated carbocycles. The van der Waals surface area contributed by atoms with Gasteiger partial charge in [-0.3, -0.25) is 10.4 Å². The van der Waals surface area contributed by atoms with Gasteiger partial charge < -0.3 is 64.5 Å². The number of phenolic OH excluding ortho intramolecular Hbond substituents is 2. The number of hydrogen-bond acceptors (Lipinski definition) is 16. The van der Waals surface area contributed by atoms with Crippen molar-refractivity contribution in [3.63, 3.8) is 0 Å². The van der Waals surface area contributed by atoms with Gasteiger partial charge in [-0.05, 0) is 53.6 Å². The number of aromatic hydroxyl groups is 2. The van der Waals surface area contributed by atoms with E-state index >= 15 is 0 Å². The summed E-state index contributed by atoms with van der Waals surface area (Å²) in [7, 11) is 0. The normalized spacial score (nSPS) is 28.5. The first-order valence-corrected chi connectivity index (χ1v) is 17.8. The average Bonchev–Trinajstić information content (AvgIpc) is 3.89. The maximum Gasteiger partial charge on any atom is 0.336 e. The van der Waals surface area contributed by atoms with Crippen LogP contribution in [0.25, 0.3) is 5.76 Å². The molecule has 3 aromatic rings. The van der Waals surface area contributed by atoms with Gasteiger partial charge in [0.1, 0.15) is 77.9 Å². The molecule has 1 saturated heterocycles. The first-order chi connectivity index (χ1) is 27.8. The number of aliphatic imine (C=N–C) groups is 3. The molecule has 0 spiro atoms. The van der Waals surface area contributed by atoms with Gasteiger partial charge in [0, 0.05) is 12.1 Å². The van der Waals surface area contributed by atoms with Crippen molar-refractivity contribution in [1.82, 2.24) is 0 Å². The standard InChI is InChI=1S/C40H36N4O14/c41-31-9-8-24(44-31)27(47)17-54-22-6-4-20(5-7-22)28-13-26(46)32-29(56-28)14-30(34(33(32)48)55-16-19-2-1-3-21(45)12-19)57-38-39(52)11-10-23(25-15-42-18-43-25)40(53,37(39)51)35(58-38)36(49)50/h1-14,18,23,27-28,35,37-38,41,45-48,51-53H,15-17H2,(H,49,50)/t23-,27+,28?,35-,37+,38-,39-,40-/m1/s1. The van der Waals surface area contributed by atoms with Crippen molar-refractivity contribution in [1.29, 1.82) is 5.41 Å². The van der Waals surface area contributed by atoms with Gasteiger partial charge in [0.25, 0.3) is 0 Å². The lowest BCUT2D eigenvalue weighted by molar-refractivity contribution is -0.337. The minimum Gasteiger partial charge on any atom is -0.508 e. The zero-order valence-corrected chi connectivity index (χ0v) is 30.1. The fraction of sp³-hybridized carbons (Fsp3) is 0.275. The molecule has 1 unspecified atom stereocenters. The number of carbonyl (C=O) groups is 1. The molecule has 300 valence electrons. The molecule has 1 fully saturated rings. The summed E-state index contributed by atoms with van der Waals surface area (Å²) in [5, 5.41) is 96.3. The number of benzene rings is 3. The number of aliphatic carboxylic acids is 1. The molecule has 3 aromatic carbocycles. The summed E-state index contributed by atoms with van der Waals surface area (Å²) in [6.45, 7) is -0.395. The van der Waals surface area contributed by atoms with E-state index in [0.717, 1.165) is 6.08 Å². The Morgan fingerprint density at radius 2 is 1.84 bits per heavy atom. The minimum absolute atomic E-state index is 0.00935. The van der Waals surface area contributed by atoms with Crippen molar-refractivity contribution >= 4 is 35.3 Å². The summed E-state index contributed by atoms with van der Waals surface area (Å²) in [4.78, 5) is 24.6. The predicted molar refractivity (Wildman–Crippen MR) is 203 cm³/mol. The number of rotatable bonds is 12. The molecule has 18 nitrogen and oxygen atoms in total. The largest absolute Gasteiger partial charge is 0.508 e. The van der Waals surface area contributed by atoms with Crippen molar-refractivity contribution in [2.45, 2.75) is 48.5 Å². The molecule has 18 heteroatoms. The highest BCUT2D eigenvalue weighted by atomic mass is 16.7. The van der Waals surface area contributed by atoms with Gasteiger partial charge in [-0.25, -0.2) is 14.8 Å². The third-order valence-electron chi connectivity index (χ3n) is 10.3. The molecule has 2 bridgehead atoms. The number of carboxylic acid groups (broad SMARTS) is 1. The van der Waals surface area contributed by atoms with Crippen molar-refractivity contribution < 1.29 is 69.3 Å². The Morgan fingerprint density at radius 1 is 1.05 bits per heavy atom. The first-order valence-electron chi connectivity index (χ1n) is 17.8. The van der Waals surface area contributed by atoms with Crippen LogP contribution in [0.3, 0.4) is 0 Å². The van der Waals surface area contributed by atoms with Gasteiger partial charge >= 0.3 is 5.97 Å². The van der Waals surface area contributed by atoms with Crippen molar-refractivity contribution in [3.05, 3.63) is 102 Å². The number of ether oxygens (including phenoxy) is 5. The Kier molecular flexibility index (Phi) is 9.74. The molecule has 8 atom stereocenters. The number of carboxylic acids is 1. The van der Waals surface area contributed by atoms with Gasteiger partial charge in [-0.1, -0.05) is 30.3 Å². The lowest BCUT2D eigenvalue weighted by Crippen LogP contribution is -2.78. The van der Waals surface area contributed by atoms with Crippen molar-refractivity contribution in [2.24, 2.45) is 20.9 Å². The number of aliphatic hydroxyl groups is 5. The molecular formula is C40H36N4O14. The number of phenols is 2. The number of amidine groups is 1. The number of fused-ring (bicyclic) bond motifs is 3. The molecule has 8 rings (SSSR count). The fourth-order valence-corrected chi connectivity index (χ4v) is 7.34. The van der Waals surface area contributed by atoms with Crippen molar-refractivity contribution in [3.8, 4) is 34.5 Å². The second-order valence-electron chi connectivity index (χ2n) is 14.0. The molecule has 0 amide bonds. The van der Waals surface area contributed by atoms with E-state index in [-0.39, 0.29) is 48.4 Å². The van der Waals surface area contributed by atoms with E-state index in [2.05, 4.69) is 15.0 Å². The molecule has 5 aliphatic rings. The number of nitrogens with one attached hydrogen (secondary N) is 1. The van der Waals surface area contributed by atoms with Gasteiger partial charge in [0.05, 0.1) is 23.9 Å². The molecule has 4 heterocycles. The molecular weight excluding hydrogens is 760 g/mol. The van der Waals surface area contributed by atoms with Crippen LogP contribution in [0.1, 0.15) is 22.8 Å². The third kappa shape index (κ3) is 6.71. The van der Waals surface area contributed by atoms with Crippen LogP contribution in [-0.2, 0) is 16.1 Å². The summed E-state index contributed by atoms with van der Waals surface area (Å²) in [5.41, 5.74) is -3.93. The highest BCUT2D eigenvalue weighted by Crippen LogP contribution is 2.53. The Balaban J connectivity index is 1.11. The fourth-order valence-electron chi connectivity index (χ4n) is 7.34. The van der Waals surface area contributed by atoms with Crippen LogP contribution >= 0.6 is 0 Å².